The van der Waals surface area contributed by atoms with E-state index in [4.69, 9.17) is 26.8 Å². The number of rotatable bonds is 9. The van der Waals surface area contributed by atoms with E-state index in [1.807, 2.05) is 18.2 Å². The molecule has 1 aromatic heterocycles. The molecule has 0 radical (unpaired) electrons. The number of benzene rings is 2. The highest BCUT2D eigenvalue weighted by Crippen LogP contribution is 2.23. The number of para-hydroxylation sites is 1. The third-order valence-electron chi connectivity index (χ3n) is 4.04. The second-order valence-corrected chi connectivity index (χ2v) is 8.74. The molecule has 0 aliphatic rings. The van der Waals surface area contributed by atoms with Crippen LogP contribution in [0.3, 0.4) is 0 Å². The van der Waals surface area contributed by atoms with E-state index in [-0.39, 0.29) is 28.7 Å². The van der Waals surface area contributed by atoms with Crippen molar-refractivity contribution in [3.05, 3.63) is 77.4 Å². The predicted octanol–water partition coefficient (Wildman–Crippen LogP) is 3.37. The summed E-state index contributed by atoms with van der Waals surface area (Å²) in [5, 5.41) is 0.335. The van der Waals surface area contributed by atoms with Gasteiger partial charge in [0.05, 0.1) is 17.8 Å². The Morgan fingerprint density at radius 2 is 1.90 bits per heavy atom. The van der Waals surface area contributed by atoms with E-state index in [1.165, 1.54) is 30.5 Å². The van der Waals surface area contributed by atoms with Gasteiger partial charge in [0.1, 0.15) is 23.0 Å². The van der Waals surface area contributed by atoms with Crippen LogP contribution in [-0.2, 0) is 10.0 Å². The SMILES string of the molecule is C[C@@H](COc1ccc(Cl)cc1C(N)=O)NS(=O)(=O)c1ccc(Oc2ccccc2)nc1. The predicted molar refractivity (Wildman–Crippen MR) is 116 cm³/mol. The van der Waals surface area contributed by atoms with Crippen LogP contribution in [0.4, 0.5) is 0 Å². The Kier molecular flexibility index (Phi) is 7.11. The lowest BCUT2D eigenvalue weighted by Gasteiger charge is -2.16. The maximum Gasteiger partial charge on any atom is 0.252 e. The van der Waals surface area contributed by atoms with Crippen molar-refractivity contribution in [3.63, 3.8) is 0 Å². The van der Waals surface area contributed by atoms with Crippen LogP contribution in [0.25, 0.3) is 0 Å². The number of halogens is 1. The molecule has 1 amide bonds. The van der Waals surface area contributed by atoms with Crippen molar-refractivity contribution in [1.29, 1.82) is 0 Å². The molecule has 0 bridgehead atoms. The van der Waals surface area contributed by atoms with Gasteiger partial charge in [-0.05, 0) is 43.3 Å². The van der Waals surface area contributed by atoms with Crippen molar-refractivity contribution in [2.24, 2.45) is 5.73 Å². The van der Waals surface area contributed by atoms with Gasteiger partial charge in [-0.3, -0.25) is 4.79 Å². The average Bonchev–Trinajstić information content (AvgIpc) is 2.73. The maximum absolute atomic E-state index is 12.6. The number of nitrogens with zero attached hydrogens (tertiary/aromatic N) is 1. The molecule has 0 aliphatic carbocycles. The van der Waals surface area contributed by atoms with Gasteiger partial charge in [0.15, 0.2) is 0 Å². The molecule has 10 heteroatoms. The first-order valence-corrected chi connectivity index (χ1v) is 11.0. The van der Waals surface area contributed by atoms with Gasteiger partial charge in [0.2, 0.25) is 15.9 Å². The topological polar surface area (TPSA) is 121 Å². The van der Waals surface area contributed by atoms with Gasteiger partial charge >= 0.3 is 0 Å². The molecule has 1 heterocycles. The van der Waals surface area contributed by atoms with E-state index in [2.05, 4.69) is 9.71 Å². The number of nitrogens with one attached hydrogen (secondary N) is 1. The third kappa shape index (κ3) is 6.17. The van der Waals surface area contributed by atoms with Crippen LogP contribution in [0.1, 0.15) is 17.3 Å². The summed E-state index contributed by atoms with van der Waals surface area (Å²) in [4.78, 5) is 15.6. The molecule has 2 aromatic carbocycles. The molecule has 8 nitrogen and oxygen atoms in total. The second-order valence-electron chi connectivity index (χ2n) is 6.59. The Hall–Kier alpha value is -3.14. The fourth-order valence-electron chi connectivity index (χ4n) is 2.60. The molecule has 0 saturated heterocycles. The highest BCUT2D eigenvalue weighted by atomic mass is 35.5. The standard InChI is InChI=1S/C21H20ClN3O5S/c1-14(13-29-19-9-7-15(22)11-18(19)21(23)26)25-31(27,28)17-8-10-20(24-12-17)30-16-5-3-2-4-6-16/h2-12,14,25H,13H2,1H3,(H2,23,26)/t14-/m0/s1. The Labute approximate surface area is 185 Å². The normalized spacial score (nSPS) is 12.2. The minimum atomic E-state index is -3.85. The van der Waals surface area contributed by atoms with E-state index in [1.54, 1.807) is 25.1 Å². The summed E-state index contributed by atoms with van der Waals surface area (Å²) in [6.07, 6.45) is 1.21. The smallest absolute Gasteiger partial charge is 0.252 e. The Morgan fingerprint density at radius 1 is 1.16 bits per heavy atom. The van der Waals surface area contributed by atoms with Crippen LogP contribution < -0.4 is 19.9 Å². The number of nitrogens with two attached hydrogens (primary N) is 1. The van der Waals surface area contributed by atoms with Crippen LogP contribution in [0.5, 0.6) is 17.4 Å². The fraction of sp³-hybridized carbons (Fsp3) is 0.143. The summed E-state index contributed by atoms with van der Waals surface area (Å²) >= 11 is 5.87. The van der Waals surface area contributed by atoms with Gasteiger partial charge in [-0.2, -0.15) is 0 Å². The zero-order valence-corrected chi connectivity index (χ0v) is 18.1. The largest absolute Gasteiger partial charge is 0.491 e. The number of aromatic nitrogens is 1. The molecule has 0 spiro atoms. The van der Waals surface area contributed by atoms with E-state index < -0.39 is 22.0 Å². The molecule has 162 valence electrons. The first-order valence-electron chi connectivity index (χ1n) is 9.18. The molecule has 3 N–H and O–H groups in total. The van der Waals surface area contributed by atoms with Crippen molar-refractivity contribution in [2.45, 2.75) is 17.9 Å². The summed E-state index contributed by atoms with van der Waals surface area (Å²) in [6, 6.07) is 15.7. The zero-order valence-electron chi connectivity index (χ0n) is 16.5. The molecular weight excluding hydrogens is 442 g/mol. The molecule has 3 rings (SSSR count). The molecule has 0 saturated carbocycles. The van der Waals surface area contributed by atoms with Gasteiger partial charge in [0.25, 0.3) is 5.91 Å². The van der Waals surface area contributed by atoms with E-state index in [0.29, 0.717) is 10.8 Å². The van der Waals surface area contributed by atoms with Crippen molar-refractivity contribution in [1.82, 2.24) is 9.71 Å². The summed E-state index contributed by atoms with van der Waals surface area (Å²) in [6.45, 7) is 1.58. The second kappa shape index (κ2) is 9.78. The van der Waals surface area contributed by atoms with Crippen molar-refractivity contribution >= 4 is 27.5 Å². The minimum absolute atomic E-state index is 0.0240. The van der Waals surface area contributed by atoms with Crippen LogP contribution >= 0.6 is 11.6 Å². The van der Waals surface area contributed by atoms with Gasteiger partial charge in [-0.15, -0.1) is 0 Å². The van der Waals surface area contributed by atoms with E-state index in [9.17, 15) is 13.2 Å². The summed E-state index contributed by atoms with van der Waals surface area (Å²) < 4.78 is 38.8. The zero-order chi connectivity index (χ0) is 22.4. The van der Waals surface area contributed by atoms with E-state index in [0.717, 1.165) is 0 Å². The van der Waals surface area contributed by atoms with Crippen molar-refractivity contribution in [3.8, 4) is 17.4 Å². The number of carbonyl (C=O) groups is 1. The Bertz CT molecular complexity index is 1160. The number of pyridine rings is 1. The van der Waals surface area contributed by atoms with Crippen LogP contribution in [0, 0.1) is 0 Å². The highest BCUT2D eigenvalue weighted by molar-refractivity contribution is 7.89. The number of sulfonamides is 1. The number of carbonyl (C=O) groups excluding carboxylic acids is 1. The molecule has 0 fully saturated rings. The molecule has 3 aromatic rings. The van der Waals surface area contributed by atoms with Crippen molar-refractivity contribution in [2.75, 3.05) is 6.61 Å². The molecule has 31 heavy (non-hydrogen) atoms. The summed E-state index contributed by atoms with van der Waals surface area (Å²) in [7, 11) is -3.85. The molecule has 1 atom stereocenters. The average molecular weight is 462 g/mol. The van der Waals surface area contributed by atoms with Crippen LogP contribution in [0.2, 0.25) is 5.02 Å². The molecular formula is C21H20ClN3O5S. The van der Waals surface area contributed by atoms with Crippen LogP contribution in [-0.4, -0.2) is 32.0 Å². The number of amides is 1. The van der Waals surface area contributed by atoms with Gasteiger partial charge in [-0.1, -0.05) is 29.8 Å². The lowest BCUT2D eigenvalue weighted by molar-refractivity contribution is 0.0996. The van der Waals surface area contributed by atoms with Crippen LogP contribution in [0.15, 0.2) is 71.8 Å². The van der Waals surface area contributed by atoms with Gasteiger partial charge < -0.3 is 15.2 Å². The quantitative estimate of drug-likeness (QED) is 0.504. The van der Waals surface area contributed by atoms with Gasteiger partial charge in [-0.25, -0.2) is 18.1 Å². The Morgan fingerprint density at radius 3 is 2.55 bits per heavy atom. The Balaban J connectivity index is 1.62. The molecule has 0 aliphatic heterocycles. The maximum atomic E-state index is 12.6. The number of hydrogen-bond acceptors (Lipinski definition) is 6. The number of ether oxygens (including phenoxy) is 2. The highest BCUT2D eigenvalue weighted by Gasteiger charge is 2.19. The molecule has 0 unspecified atom stereocenters. The lowest BCUT2D eigenvalue weighted by atomic mass is 10.2. The third-order valence-corrected chi connectivity index (χ3v) is 5.85. The fourth-order valence-corrected chi connectivity index (χ4v) is 3.94. The number of hydrogen-bond donors (Lipinski definition) is 2. The van der Waals surface area contributed by atoms with Crippen molar-refractivity contribution < 1.29 is 22.7 Å². The number of primary amides is 1. The summed E-state index contributed by atoms with van der Waals surface area (Å²) in [5.74, 6) is 0.372. The first kappa shape index (κ1) is 22.5. The summed E-state index contributed by atoms with van der Waals surface area (Å²) in [5.41, 5.74) is 5.43. The monoisotopic (exact) mass is 461 g/mol. The van der Waals surface area contributed by atoms with Gasteiger partial charge in [0, 0.05) is 11.1 Å². The minimum Gasteiger partial charge on any atom is -0.491 e. The van der Waals surface area contributed by atoms with E-state index >= 15 is 0 Å². The first-order chi connectivity index (χ1) is 14.7. The lowest BCUT2D eigenvalue weighted by Crippen LogP contribution is -2.37.